The van der Waals surface area contributed by atoms with Crippen molar-refractivity contribution in [2.45, 2.75) is 63.5 Å². The van der Waals surface area contributed by atoms with E-state index in [9.17, 15) is 5.21 Å². The minimum absolute atomic E-state index is 0.225. The lowest BCUT2D eigenvalue weighted by Gasteiger charge is -2.51. The second kappa shape index (κ2) is 8.02. The Bertz CT molecular complexity index is 927. The third kappa shape index (κ3) is 4.21. The van der Waals surface area contributed by atoms with Gasteiger partial charge in [-0.15, -0.1) is 0 Å². The van der Waals surface area contributed by atoms with E-state index in [0.29, 0.717) is 11.8 Å². The van der Waals surface area contributed by atoms with Gasteiger partial charge < -0.3 is 5.21 Å². The van der Waals surface area contributed by atoms with Crippen molar-refractivity contribution in [2.75, 3.05) is 0 Å². The fourth-order valence-corrected chi connectivity index (χ4v) is 5.13. The van der Waals surface area contributed by atoms with E-state index in [0.717, 1.165) is 12.8 Å². The van der Waals surface area contributed by atoms with Crippen molar-refractivity contribution < 1.29 is 5.21 Å². The number of benzene rings is 2. The van der Waals surface area contributed by atoms with Crippen LogP contribution in [0.5, 0.6) is 0 Å². The maximum Gasteiger partial charge on any atom is 0.0416 e. The summed E-state index contributed by atoms with van der Waals surface area (Å²) in [5.41, 5.74) is 4.72. The van der Waals surface area contributed by atoms with Crippen LogP contribution in [0.1, 0.15) is 63.5 Å². The fourth-order valence-electron chi connectivity index (χ4n) is 5.13. The van der Waals surface area contributed by atoms with E-state index in [1.807, 2.05) is 0 Å². The first-order chi connectivity index (χ1) is 14.3. The number of hydrogen-bond donors (Lipinski definition) is 1. The van der Waals surface area contributed by atoms with Gasteiger partial charge in [0, 0.05) is 17.0 Å². The van der Waals surface area contributed by atoms with Crippen molar-refractivity contribution in [3.8, 4) is 11.1 Å². The molecule has 1 heterocycles. The van der Waals surface area contributed by atoms with E-state index < -0.39 is 0 Å². The molecule has 2 aromatic carbocycles. The maximum atomic E-state index is 10.6. The summed E-state index contributed by atoms with van der Waals surface area (Å²) in [4.78, 5) is 0. The smallest absolute Gasteiger partial charge is 0.0416 e. The summed E-state index contributed by atoms with van der Waals surface area (Å²) < 4.78 is 0. The Kier molecular flexibility index (Phi) is 5.57. The van der Waals surface area contributed by atoms with Gasteiger partial charge >= 0.3 is 0 Å². The lowest BCUT2D eigenvalue weighted by Crippen LogP contribution is -2.58. The van der Waals surface area contributed by atoms with Crippen molar-refractivity contribution in [1.82, 2.24) is 5.06 Å². The van der Waals surface area contributed by atoms with Crippen LogP contribution in [0.3, 0.4) is 0 Å². The Hall–Kier alpha value is -2.42. The summed E-state index contributed by atoms with van der Waals surface area (Å²) in [6.45, 7) is 8.52. The predicted octanol–water partition coefficient (Wildman–Crippen LogP) is 7.25. The first kappa shape index (κ1) is 20.8. The molecule has 0 spiro atoms. The number of nitrogens with zero attached hydrogens (tertiary/aromatic N) is 1. The zero-order chi connectivity index (χ0) is 21.4. The predicted molar refractivity (Wildman–Crippen MR) is 126 cm³/mol. The molecule has 0 amide bonds. The van der Waals surface area contributed by atoms with Gasteiger partial charge in [0.1, 0.15) is 0 Å². The Balaban J connectivity index is 1.51. The molecule has 1 N–H and O–H groups in total. The lowest BCUT2D eigenvalue weighted by molar-refractivity contribution is -0.245. The summed E-state index contributed by atoms with van der Waals surface area (Å²) in [7, 11) is 0. The second-order valence-corrected chi connectivity index (χ2v) is 9.97. The van der Waals surface area contributed by atoms with E-state index >= 15 is 0 Å². The average Bonchev–Trinajstić information content (AvgIpc) is 3.01. The minimum Gasteiger partial charge on any atom is -0.313 e. The third-order valence-corrected chi connectivity index (χ3v) is 6.62. The maximum absolute atomic E-state index is 10.6. The van der Waals surface area contributed by atoms with Crippen molar-refractivity contribution in [2.24, 2.45) is 0 Å². The van der Waals surface area contributed by atoms with E-state index in [-0.39, 0.29) is 11.1 Å². The molecular weight excluding hydrogens is 366 g/mol. The highest BCUT2D eigenvalue weighted by Gasteiger charge is 2.45. The summed E-state index contributed by atoms with van der Waals surface area (Å²) in [6, 6.07) is 17.9. The second-order valence-electron chi connectivity index (χ2n) is 9.97. The SMILES string of the molecule is CC1(C)CC(c2ccc(-c3ccc(C4C=CC=CC=C4)cc3)cc2)CC(C)(C)N1O. The van der Waals surface area contributed by atoms with Crippen LogP contribution in [0.2, 0.25) is 0 Å². The van der Waals surface area contributed by atoms with E-state index in [4.69, 9.17) is 0 Å². The van der Waals surface area contributed by atoms with Gasteiger partial charge in [-0.25, -0.2) is 0 Å². The Morgan fingerprint density at radius 3 is 1.57 bits per heavy atom. The molecule has 0 radical (unpaired) electrons. The summed E-state index contributed by atoms with van der Waals surface area (Å²) in [5.74, 6) is 0.790. The molecule has 0 atom stereocenters. The molecule has 2 nitrogen and oxygen atoms in total. The van der Waals surface area contributed by atoms with Gasteiger partial charge in [-0.2, -0.15) is 5.06 Å². The van der Waals surface area contributed by atoms with Gasteiger partial charge in [0.05, 0.1) is 0 Å². The largest absolute Gasteiger partial charge is 0.313 e. The Morgan fingerprint density at radius 2 is 1.10 bits per heavy atom. The molecule has 0 unspecified atom stereocenters. The van der Waals surface area contributed by atoms with Crippen LogP contribution < -0.4 is 0 Å². The zero-order valence-electron chi connectivity index (χ0n) is 18.5. The normalized spacial score (nSPS) is 21.6. The zero-order valence-corrected chi connectivity index (χ0v) is 18.5. The van der Waals surface area contributed by atoms with Gasteiger partial charge in [-0.1, -0.05) is 85.0 Å². The quantitative estimate of drug-likeness (QED) is 0.588. The van der Waals surface area contributed by atoms with E-state index in [1.54, 1.807) is 5.06 Å². The molecule has 0 saturated carbocycles. The van der Waals surface area contributed by atoms with Crippen molar-refractivity contribution in [3.63, 3.8) is 0 Å². The summed E-state index contributed by atoms with van der Waals surface area (Å²) in [5, 5.41) is 12.1. The Labute approximate surface area is 181 Å². The third-order valence-electron chi connectivity index (χ3n) is 6.62. The highest BCUT2D eigenvalue weighted by Crippen LogP contribution is 2.44. The van der Waals surface area contributed by atoms with Crippen LogP contribution in [-0.2, 0) is 0 Å². The molecular formula is C28H33NO. The molecule has 1 aliphatic carbocycles. The average molecular weight is 400 g/mol. The van der Waals surface area contributed by atoms with E-state index in [2.05, 4.69) is 113 Å². The van der Waals surface area contributed by atoms with Crippen LogP contribution in [0, 0.1) is 0 Å². The van der Waals surface area contributed by atoms with Gasteiger partial charge in [-0.3, -0.25) is 0 Å². The molecule has 4 rings (SSSR count). The first-order valence-electron chi connectivity index (χ1n) is 11.0. The molecule has 2 aromatic rings. The van der Waals surface area contributed by atoms with Crippen molar-refractivity contribution >= 4 is 0 Å². The van der Waals surface area contributed by atoms with Crippen LogP contribution in [0.4, 0.5) is 0 Å². The number of hydroxylamine groups is 2. The van der Waals surface area contributed by atoms with Crippen molar-refractivity contribution in [3.05, 3.63) is 96.1 Å². The molecule has 1 saturated heterocycles. The van der Waals surface area contributed by atoms with Gasteiger partial charge in [-0.05, 0) is 68.7 Å². The van der Waals surface area contributed by atoms with E-state index in [1.165, 1.54) is 22.3 Å². The molecule has 1 fully saturated rings. The first-order valence-corrected chi connectivity index (χ1v) is 11.0. The van der Waals surface area contributed by atoms with Crippen molar-refractivity contribution in [1.29, 1.82) is 0 Å². The highest BCUT2D eigenvalue weighted by atomic mass is 16.5. The van der Waals surface area contributed by atoms with Crippen LogP contribution in [-0.4, -0.2) is 21.3 Å². The standard InChI is InChI=1S/C28H33NO/c1-27(2)19-26(20-28(3,4)29(27)30)25-17-15-24(16-18-25)23-13-11-22(12-14-23)21-9-7-5-6-8-10-21/h5-18,21,26,30H,19-20H2,1-4H3. The highest BCUT2D eigenvalue weighted by molar-refractivity contribution is 5.64. The molecule has 2 heteroatoms. The lowest BCUT2D eigenvalue weighted by atomic mass is 9.72. The molecule has 156 valence electrons. The van der Waals surface area contributed by atoms with Gasteiger partial charge in [0.25, 0.3) is 0 Å². The molecule has 0 aromatic heterocycles. The number of allylic oxidation sites excluding steroid dienone is 6. The van der Waals surface area contributed by atoms with Crippen LogP contribution >= 0.6 is 0 Å². The number of hydrogen-bond acceptors (Lipinski definition) is 2. The Morgan fingerprint density at radius 1 is 0.667 bits per heavy atom. The number of piperidine rings is 1. The summed E-state index contributed by atoms with van der Waals surface area (Å²) in [6.07, 6.45) is 14.7. The number of rotatable bonds is 3. The van der Waals surface area contributed by atoms with Gasteiger partial charge in [0.2, 0.25) is 0 Å². The van der Waals surface area contributed by atoms with Crippen LogP contribution in [0.25, 0.3) is 11.1 Å². The van der Waals surface area contributed by atoms with Crippen LogP contribution in [0.15, 0.2) is 85.0 Å². The minimum atomic E-state index is -0.225. The van der Waals surface area contributed by atoms with Gasteiger partial charge in [0.15, 0.2) is 0 Å². The molecule has 2 aliphatic rings. The molecule has 0 bridgehead atoms. The molecule has 30 heavy (non-hydrogen) atoms. The summed E-state index contributed by atoms with van der Waals surface area (Å²) >= 11 is 0. The molecule has 1 aliphatic heterocycles. The monoisotopic (exact) mass is 399 g/mol. The topological polar surface area (TPSA) is 23.5 Å². The fraction of sp³-hybridized carbons (Fsp3) is 0.357.